The molecule has 0 aromatic heterocycles. The zero-order valence-corrected chi connectivity index (χ0v) is 17.0. The Morgan fingerprint density at radius 1 is 1.00 bits per heavy atom. The van der Waals surface area contributed by atoms with E-state index in [4.69, 9.17) is 15.2 Å². The highest BCUT2D eigenvalue weighted by molar-refractivity contribution is 6.05. The molecule has 3 aromatic rings. The smallest absolute Gasteiger partial charge is 0.255 e. The van der Waals surface area contributed by atoms with Crippen molar-refractivity contribution in [3.8, 4) is 22.6 Å². The zero-order chi connectivity index (χ0) is 20.8. The van der Waals surface area contributed by atoms with E-state index in [1.165, 1.54) is 0 Å². The van der Waals surface area contributed by atoms with Crippen molar-refractivity contribution in [3.63, 3.8) is 0 Å². The SMILES string of the molecule is COc1ccccc1-c1cccc(NC(=O)c2cc(C)c(OCCN)c(C)c2)c1. The molecule has 5 nitrogen and oxygen atoms in total. The molecule has 150 valence electrons. The maximum absolute atomic E-state index is 12.8. The monoisotopic (exact) mass is 390 g/mol. The number of amides is 1. The minimum absolute atomic E-state index is 0.168. The topological polar surface area (TPSA) is 73.6 Å². The van der Waals surface area contributed by atoms with E-state index in [1.54, 1.807) is 7.11 Å². The lowest BCUT2D eigenvalue weighted by Crippen LogP contribution is -2.14. The number of nitrogens with one attached hydrogen (secondary N) is 1. The van der Waals surface area contributed by atoms with Gasteiger partial charge in [-0.25, -0.2) is 0 Å². The molecule has 0 aliphatic rings. The molecular weight excluding hydrogens is 364 g/mol. The Hall–Kier alpha value is -3.31. The molecule has 0 heterocycles. The third kappa shape index (κ3) is 4.76. The van der Waals surface area contributed by atoms with Crippen molar-refractivity contribution in [1.82, 2.24) is 0 Å². The number of ether oxygens (including phenoxy) is 2. The van der Waals surface area contributed by atoms with Gasteiger partial charge in [0.15, 0.2) is 0 Å². The normalized spacial score (nSPS) is 10.5. The van der Waals surface area contributed by atoms with Crippen LogP contribution in [0.3, 0.4) is 0 Å². The Kier molecular flexibility index (Phi) is 6.52. The third-order valence-electron chi connectivity index (χ3n) is 4.63. The van der Waals surface area contributed by atoms with Gasteiger partial charge in [0, 0.05) is 23.4 Å². The Labute approximate surface area is 171 Å². The largest absolute Gasteiger partial charge is 0.496 e. The fourth-order valence-electron chi connectivity index (χ4n) is 3.32. The van der Waals surface area contributed by atoms with Gasteiger partial charge in [-0.2, -0.15) is 0 Å². The summed E-state index contributed by atoms with van der Waals surface area (Å²) in [6, 6.07) is 19.2. The van der Waals surface area contributed by atoms with Crippen molar-refractivity contribution in [2.45, 2.75) is 13.8 Å². The Balaban J connectivity index is 1.83. The number of carbonyl (C=O) groups excluding carboxylic acids is 1. The molecule has 1 amide bonds. The standard InChI is InChI=1S/C24H26N2O3/c1-16-13-19(14-17(2)23(16)29-12-11-25)24(27)26-20-8-6-7-18(15-20)21-9-4-5-10-22(21)28-3/h4-10,13-15H,11-12,25H2,1-3H3,(H,26,27). The van der Waals surface area contributed by atoms with Crippen LogP contribution in [0.15, 0.2) is 60.7 Å². The minimum atomic E-state index is -0.168. The quantitative estimate of drug-likeness (QED) is 0.620. The Morgan fingerprint density at radius 2 is 1.72 bits per heavy atom. The number of hydrogen-bond acceptors (Lipinski definition) is 4. The molecule has 3 aromatic carbocycles. The maximum Gasteiger partial charge on any atom is 0.255 e. The summed E-state index contributed by atoms with van der Waals surface area (Å²) in [5.74, 6) is 1.40. The molecule has 3 rings (SSSR count). The van der Waals surface area contributed by atoms with Gasteiger partial charge < -0.3 is 20.5 Å². The van der Waals surface area contributed by atoms with Crippen LogP contribution in [0, 0.1) is 13.8 Å². The lowest BCUT2D eigenvalue weighted by molar-refractivity contribution is 0.102. The van der Waals surface area contributed by atoms with E-state index in [-0.39, 0.29) is 5.91 Å². The highest BCUT2D eigenvalue weighted by Crippen LogP contribution is 2.31. The van der Waals surface area contributed by atoms with E-state index in [0.717, 1.165) is 39.4 Å². The summed E-state index contributed by atoms with van der Waals surface area (Å²) in [5, 5.41) is 2.98. The van der Waals surface area contributed by atoms with Crippen LogP contribution in [-0.4, -0.2) is 26.2 Å². The first kappa shape index (κ1) is 20.4. The molecule has 3 N–H and O–H groups in total. The summed E-state index contributed by atoms with van der Waals surface area (Å²) < 4.78 is 11.1. The summed E-state index contributed by atoms with van der Waals surface area (Å²) in [6.07, 6.45) is 0. The second kappa shape index (κ2) is 9.26. The molecule has 0 saturated heterocycles. The zero-order valence-electron chi connectivity index (χ0n) is 17.0. The number of rotatable bonds is 7. The molecule has 0 unspecified atom stereocenters. The number of para-hydroxylation sites is 1. The molecule has 0 spiro atoms. The molecule has 0 fully saturated rings. The predicted molar refractivity (Wildman–Crippen MR) is 117 cm³/mol. The van der Waals surface area contributed by atoms with Crippen LogP contribution < -0.4 is 20.5 Å². The molecule has 0 radical (unpaired) electrons. The van der Waals surface area contributed by atoms with E-state index >= 15 is 0 Å². The second-order valence-electron chi connectivity index (χ2n) is 6.81. The number of carbonyl (C=O) groups is 1. The molecule has 0 atom stereocenters. The summed E-state index contributed by atoms with van der Waals surface area (Å²) in [4.78, 5) is 12.8. The number of hydrogen-bond donors (Lipinski definition) is 2. The maximum atomic E-state index is 12.8. The van der Waals surface area contributed by atoms with E-state index in [1.807, 2.05) is 74.5 Å². The molecule has 29 heavy (non-hydrogen) atoms. The van der Waals surface area contributed by atoms with E-state index in [9.17, 15) is 4.79 Å². The van der Waals surface area contributed by atoms with E-state index in [2.05, 4.69) is 5.32 Å². The van der Waals surface area contributed by atoms with Gasteiger partial charge in [0.1, 0.15) is 18.1 Å². The predicted octanol–water partition coefficient (Wildman–Crippen LogP) is 4.57. The average molecular weight is 390 g/mol. The molecule has 0 bridgehead atoms. The molecule has 0 aliphatic heterocycles. The van der Waals surface area contributed by atoms with Gasteiger partial charge in [0.25, 0.3) is 5.91 Å². The molecule has 0 saturated carbocycles. The van der Waals surface area contributed by atoms with E-state index in [0.29, 0.717) is 18.7 Å². The van der Waals surface area contributed by atoms with Crippen molar-refractivity contribution in [2.24, 2.45) is 5.73 Å². The van der Waals surface area contributed by atoms with Gasteiger partial charge in [0.2, 0.25) is 0 Å². The van der Waals surface area contributed by atoms with Gasteiger partial charge in [-0.1, -0.05) is 30.3 Å². The third-order valence-corrected chi connectivity index (χ3v) is 4.63. The van der Waals surface area contributed by atoms with Gasteiger partial charge in [0.05, 0.1) is 7.11 Å². The summed E-state index contributed by atoms with van der Waals surface area (Å²) in [5.41, 5.74) is 10.6. The van der Waals surface area contributed by atoms with Crippen LogP contribution in [-0.2, 0) is 0 Å². The molecule has 0 aliphatic carbocycles. The van der Waals surface area contributed by atoms with Gasteiger partial charge in [-0.05, 0) is 60.9 Å². The molecular formula is C24H26N2O3. The summed E-state index contributed by atoms with van der Waals surface area (Å²) >= 11 is 0. The highest BCUT2D eigenvalue weighted by Gasteiger charge is 2.13. The van der Waals surface area contributed by atoms with Crippen molar-refractivity contribution < 1.29 is 14.3 Å². The number of aryl methyl sites for hydroxylation is 2. The van der Waals surface area contributed by atoms with Crippen molar-refractivity contribution in [1.29, 1.82) is 0 Å². The van der Waals surface area contributed by atoms with Crippen LogP contribution in [0.5, 0.6) is 11.5 Å². The summed E-state index contributed by atoms with van der Waals surface area (Å²) in [7, 11) is 1.65. The fourth-order valence-corrected chi connectivity index (χ4v) is 3.32. The van der Waals surface area contributed by atoms with Crippen molar-refractivity contribution in [3.05, 3.63) is 77.4 Å². The van der Waals surface area contributed by atoms with Crippen LogP contribution >= 0.6 is 0 Å². The average Bonchev–Trinajstić information content (AvgIpc) is 2.73. The Bertz CT molecular complexity index is 992. The fraction of sp³-hybridized carbons (Fsp3) is 0.208. The first-order valence-corrected chi connectivity index (χ1v) is 9.52. The van der Waals surface area contributed by atoms with Gasteiger partial charge in [-0.3, -0.25) is 4.79 Å². The first-order valence-electron chi connectivity index (χ1n) is 9.52. The van der Waals surface area contributed by atoms with Crippen molar-refractivity contribution in [2.75, 3.05) is 25.6 Å². The first-order chi connectivity index (χ1) is 14.0. The number of methoxy groups -OCH3 is 1. The minimum Gasteiger partial charge on any atom is -0.496 e. The number of nitrogens with two attached hydrogens (primary N) is 1. The molecule has 5 heteroatoms. The second-order valence-corrected chi connectivity index (χ2v) is 6.81. The Morgan fingerprint density at radius 3 is 2.41 bits per heavy atom. The number of benzene rings is 3. The van der Waals surface area contributed by atoms with Crippen LogP contribution in [0.2, 0.25) is 0 Å². The van der Waals surface area contributed by atoms with Crippen molar-refractivity contribution >= 4 is 11.6 Å². The van der Waals surface area contributed by atoms with Crippen LogP contribution in [0.1, 0.15) is 21.5 Å². The van der Waals surface area contributed by atoms with Crippen LogP contribution in [0.4, 0.5) is 5.69 Å². The lowest BCUT2D eigenvalue weighted by atomic mass is 10.0. The van der Waals surface area contributed by atoms with E-state index < -0.39 is 0 Å². The van der Waals surface area contributed by atoms with Gasteiger partial charge in [-0.15, -0.1) is 0 Å². The van der Waals surface area contributed by atoms with Gasteiger partial charge >= 0.3 is 0 Å². The van der Waals surface area contributed by atoms with Crippen LogP contribution in [0.25, 0.3) is 11.1 Å². The number of anilines is 1. The highest BCUT2D eigenvalue weighted by atomic mass is 16.5. The summed E-state index contributed by atoms with van der Waals surface area (Å²) in [6.45, 7) is 4.75. The lowest BCUT2D eigenvalue weighted by Gasteiger charge is -2.14.